The molecule has 0 bridgehead atoms. The molecule has 0 fully saturated rings. The maximum atomic E-state index is 13.9. The second-order valence-corrected chi connectivity index (χ2v) is 9.97. The van der Waals surface area contributed by atoms with Crippen LogP contribution in [-0.4, -0.2) is 50.6 Å². The third kappa shape index (κ3) is 8.36. The normalized spacial score (nSPS) is 11.3. The third-order valence-corrected chi connectivity index (χ3v) is 7.14. The molecule has 42 heavy (non-hydrogen) atoms. The highest BCUT2D eigenvalue weighted by molar-refractivity contribution is 5.88. The highest BCUT2D eigenvalue weighted by Crippen LogP contribution is 2.27. The van der Waals surface area contributed by atoms with Gasteiger partial charge in [0.05, 0.1) is 27.8 Å². The Kier molecular flexibility index (Phi) is 11.0. The van der Waals surface area contributed by atoms with Crippen LogP contribution in [0.1, 0.15) is 22.3 Å². The first-order valence-corrected chi connectivity index (χ1v) is 14.0. The van der Waals surface area contributed by atoms with Crippen molar-refractivity contribution in [2.45, 2.75) is 31.8 Å². The summed E-state index contributed by atoms with van der Waals surface area (Å²) in [4.78, 5) is 29.5. The van der Waals surface area contributed by atoms with Gasteiger partial charge in [0.25, 0.3) is 0 Å². The van der Waals surface area contributed by atoms with Crippen LogP contribution in [0.4, 0.5) is 0 Å². The predicted octanol–water partition coefficient (Wildman–Crippen LogP) is 5.25. The third-order valence-electron chi connectivity index (χ3n) is 7.14. The summed E-state index contributed by atoms with van der Waals surface area (Å²) in [6.45, 7) is 0.694. The first-order chi connectivity index (χ1) is 20.5. The molecule has 7 heteroatoms. The summed E-state index contributed by atoms with van der Waals surface area (Å²) in [6, 6.07) is 32.0. The van der Waals surface area contributed by atoms with Gasteiger partial charge in [0.2, 0.25) is 11.8 Å². The molecule has 2 amide bonds. The summed E-state index contributed by atoms with van der Waals surface area (Å²) < 4.78 is 16.1. The van der Waals surface area contributed by atoms with Crippen LogP contribution >= 0.6 is 0 Å². The van der Waals surface area contributed by atoms with Gasteiger partial charge in [-0.15, -0.1) is 0 Å². The zero-order valence-electron chi connectivity index (χ0n) is 24.4. The van der Waals surface area contributed by atoms with Crippen molar-refractivity contribution in [3.8, 4) is 17.2 Å². The number of amides is 2. The molecule has 0 radical (unpaired) electrons. The van der Waals surface area contributed by atoms with Crippen molar-refractivity contribution in [1.29, 1.82) is 0 Å². The molecule has 0 saturated heterocycles. The predicted molar refractivity (Wildman–Crippen MR) is 164 cm³/mol. The average Bonchev–Trinajstić information content (AvgIpc) is 3.03. The summed E-state index contributed by atoms with van der Waals surface area (Å²) >= 11 is 0. The van der Waals surface area contributed by atoms with E-state index in [1.807, 2.05) is 103 Å². The smallest absolute Gasteiger partial charge is 0.243 e. The molecule has 0 heterocycles. The fraction of sp³-hybridized carbons (Fsp3) is 0.257. The molecular formula is C35H38N2O5. The number of benzene rings is 4. The van der Waals surface area contributed by atoms with Crippen LogP contribution in [0.15, 0.2) is 103 Å². The summed E-state index contributed by atoms with van der Waals surface area (Å²) in [6.07, 6.45) is 1.18. The van der Waals surface area contributed by atoms with Gasteiger partial charge in [-0.25, -0.2) is 0 Å². The lowest BCUT2D eigenvalue weighted by molar-refractivity contribution is -0.140. The topological polar surface area (TPSA) is 77.1 Å². The summed E-state index contributed by atoms with van der Waals surface area (Å²) in [5.41, 5.74) is 3.79. The summed E-state index contributed by atoms with van der Waals surface area (Å²) in [5.74, 6) is 1.71. The van der Waals surface area contributed by atoms with Gasteiger partial charge in [-0.05, 0) is 52.9 Å². The number of carbonyl (C=O) groups is 2. The molecule has 0 aliphatic carbocycles. The van der Waals surface area contributed by atoms with Crippen molar-refractivity contribution >= 4 is 11.8 Å². The Hall–Kier alpha value is -4.78. The monoisotopic (exact) mass is 566 g/mol. The van der Waals surface area contributed by atoms with E-state index >= 15 is 0 Å². The minimum absolute atomic E-state index is 0.118. The van der Waals surface area contributed by atoms with Crippen molar-refractivity contribution < 1.29 is 23.8 Å². The Balaban J connectivity index is 1.58. The van der Waals surface area contributed by atoms with E-state index in [4.69, 9.17) is 14.2 Å². The van der Waals surface area contributed by atoms with Crippen molar-refractivity contribution in [2.75, 3.05) is 27.9 Å². The first-order valence-electron chi connectivity index (χ1n) is 14.0. The van der Waals surface area contributed by atoms with Crippen LogP contribution in [0.3, 0.4) is 0 Å². The molecule has 4 aromatic carbocycles. The van der Waals surface area contributed by atoms with Crippen LogP contribution in [0, 0.1) is 0 Å². The van der Waals surface area contributed by atoms with E-state index in [0.29, 0.717) is 30.9 Å². The molecule has 4 aromatic rings. The van der Waals surface area contributed by atoms with Gasteiger partial charge in [0.15, 0.2) is 11.5 Å². The van der Waals surface area contributed by atoms with E-state index in [-0.39, 0.29) is 24.8 Å². The van der Waals surface area contributed by atoms with E-state index in [2.05, 4.69) is 5.32 Å². The number of rotatable bonds is 14. The van der Waals surface area contributed by atoms with Gasteiger partial charge in [-0.2, -0.15) is 0 Å². The lowest BCUT2D eigenvalue weighted by Gasteiger charge is -2.32. The number of hydrogen-bond donors (Lipinski definition) is 1. The zero-order chi connectivity index (χ0) is 29.7. The molecule has 0 aliphatic heterocycles. The minimum atomic E-state index is -0.712. The highest BCUT2D eigenvalue weighted by Gasteiger charge is 2.30. The number of hydrogen-bond acceptors (Lipinski definition) is 5. The van der Waals surface area contributed by atoms with E-state index in [1.54, 1.807) is 26.2 Å². The standard InChI is InChI=1S/C35H38N2O5/c1-40-30-17-14-29(15-18-30)25-37(34(38)24-27-12-8-5-9-13-27)31(22-26-10-6-4-7-11-26)35(39)36-21-20-28-16-19-32(41-2)33(23-28)42-3/h4-19,23,31H,20-22,24-25H2,1-3H3,(H,36,39)/t31-/m1/s1. The number of carbonyl (C=O) groups excluding carboxylic acids is 2. The van der Waals surface area contributed by atoms with Gasteiger partial charge in [0, 0.05) is 19.5 Å². The van der Waals surface area contributed by atoms with Gasteiger partial charge in [-0.1, -0.05) is 78.9 Å². The van der Waals surface area contributed by atoms with Crippen LogP contribution in [0.5, 0.6) is 17.2 Å². The highest BCUT2D eigenvalue weighted by atomic mass is 16.5. The van der Waals surface area contributed by atoms with Gasteiger partial charge in [-0.3, -0.25) is 9.59 Å². The lowest BCUT2D eigenvalue weighted by atomic mass is 10.0. The van der Waals surface area contributed by atoms with E-state index in [1.165, 1.54) is 0 Å². The molecule has 0 aromatic heterocycles. The van der Waals surface area contributed by atoms with Crippen molar-refractivity contribution in [3.63, 3.8) is 0 Å². The van der Waals surface area contributed by atoms with Gasteiger partial charge >= 0.3 is 0 Å². The van der Waals surface area contributed by atoms with Gasteiger partial charge in [0.1, 0.15) is 11.8 Å². The summed E-state index contributed by atoms with van der Waals surface area (Å²) in [5, 5.41) is 3.10. The van der Waals surface area contributed by atoms with Crippen LogP contribution in [0.2, 0.25) is 0 Å². The minimum Gasteiger partial charge on any atom is -0.497 e. The maximum Gasteiger partial charge on any atom is 0.243 e. The lowest BCUT2D eigenvalue weighted by Crippen LogP contribution is -2.51. The first kappa shape index (κ1) is 30.2. The molecular weight excluding hydrogens is 528 g/mol. The Labute approximate surface area is 248 Å². The van der Waals surface area contributed by atoms with Crippen molar-refractivity contribution in [1.82, 2.24) is 10.2 Å². The molecule has 0 aliphatic rings. The zero-order valence-corrected chi connectivity index (χ0v) is 24.4. The number of nitrogens with one attached hydrogen (secondary N) is 1. The van der Waals surface area contributed by atoms with Crippen molar-refractivity contribution in [2.24, 2.45) is 0 Å². The van der Waals surface area contributed by atoms with E-state index < -0.39 is 6.04 Å². The SMILES string of the molecule is COc1ccc(CN(C(=O)Cc2ccccc2)[C@H](Cc2ccccc2)C(=O)NCCc2ccc(OC)c(OC)c2)cc1. The molecule has 0 unspecified atom stereocenters. The maximum absolute atomic E-state index is 13.9. The van der Waals surface area contributed by atoms with Gasteiger partial charge < -0.3 is 24.4 Å². The van der Waals surface area contributed by atoms with Crippen molar-refractivity contribution in [3.05, 3.63) is 125 Å². The van der Waals surface area contributed by atoms with Crippen LogP contribution in [-0.2, 0) is 35.4 Å². The Morgan fingerprint density at radius 2 is 1.31 bits per heavy atom. The quantitative estimate of drug-likeness (QED) is 0.226. The number of nitrogens with zero attached hydrogens (tertiary/aromatic N) is 1. The number of ether oxygens (including phenoxy) is 3. The van der Waals surface area contributed by atoms with Crippen LogP contribution < -0.4 is 19.5 Å². The molecule has 1 atom stereocenters. The fourth-order valence-electron chi connectivity index (χ4n) is 4.84. The Bertz CT molecular complexity index is 1430. The summed E-state index contributed by atoms with van der Waals surface area (Å²) in [7, 11) is 4.82. The molecule has 4 rings (SSSR count). The fourth-order valence-corrected chi connectivity index (χ4v) is 4.84. The largest absolute Gasteiger partial charge is 0.497 e. The Morgan fingerprint density at radius 1 is 0.690 bits per heavy atom. The van der Waals surface area contributed by atoms with E-state index in [9.17, 15) is 9.59 Å². The second kappa shape index (κ2) is 15.3. The molecule has 218 valence electrons. The van der Waals surface area contributed by atoms with Crippen LogP contribution in [0.25, 0.3) is 0 Å². The number of methoxy groups -OCH3 is 3. The molecule has 0 saturated carbocycles. The average molecular weight is 567 g/mol. The second-order valence-electron chi connectivity index (χ2n) is 9.97. The Morgan fingerprint density at radius 3 is 1.93 bits per heavy atom. The molecule has 0 spiro atoms. The molecule has 7 nitrogen and oxygen atoms in total. The van der Waals surface area contributed by atoms with E-state index in [0.717, 1.165) is 28.0 Å². The molecule has 1 N–H and O–H groups in total.